The largest absolute Gasteiger partial charge is 0.481 e. The second-order valence-electron chi connectivity index (χ2n) is 9.11. The van der Waals surface area contributed by atoms with Crippen LogP contribution in [0, 0.1) is 0 Å². The van der Waals surface area contributed by atoms with Gasteiger partial charge in [-0.15, -0.1) is 0 Å². The maximum absolute atomic E-state index is 13.3. The van der Waals surface area contributed by atoms with E-state index in [9.17, 15) is 14.4 Å². The molecule has 1 aliphatic rings. The molecule has 1 aromatic heterocycles. The third kappa shape index (κ3) is 5.28. The fourth-order valence-electron chi connectivity index (χ4n) is 4.57. The van der Waals surface area contributed by atoms with Crippen LogP contribution in [0.15, 0.2) is 79.1 Å². The van der Waals surface area contributed by atoms with E-state index in [0.29, 0.717) is 34.5 Å². The number of carbonyl (C=O) groups is 3. The number of esters is 1. The quantitative estimate of drug-likeness (QED) is 0.224. The lowest BCUT2D eigenvalue weighted by atomic mass is 9.97. The first-order valence-corrected chi connectivity index (χ1v) is 12.3. The van der Waals surface area contributed by atoms with Gasteiger partial charge in [0.25, 0.3) is 5.91 Å². The Morgan fingerprint density at radius 3 is 2.54 bits per heavy atom. The van der Waals surface area contributed by atoms with E-state index >= 15 is 0 Å². The van der Waals surface area contributed by atoms with Crippen LogP contribution >= 0.6 is 0 Å². The third-order valence-electron chi connectivity index (χ3n) is 6.51. The van der Waals surface area contributed by atoms with Gasteiger partial charge in [-0.3, -0.25) is 9.59 Å². The van der Waals surface area contributed by atoms with E-state index in [1.54, 1.807) is 24.4 Å². The Hall–Kier alpha value is -5.18. The minimum Gasteiger partial charge on any atom is -0.481 e. The van der Waals surface area contributed by atoms with Gasteiger partial charge in [0.05, 0.1) is 29.6 Å². The summed E-state index contributed by atoms with van der Waals surface area (Å²) in [5, 5.41) is 15.4. The molecule has 2 heterocycles. The number of aliphatic carboxylic acids is 1. The number of methoxy groups -OCH3 is 1. The number of carboxylic acid groups (broad SMARTS) is 1. The molecule has 3 N–H and O–H groups in total. The van der Waals surface area contributed by atoms with Crippen molar-refractivity contribution >= 4 is 40.5 Å². The van der Waals surface area contributed by atoms with Gasteiger partial charge in [0.1, 0.15) is 5.82 Å². The summed E-state index contributed by atoms with van der Waals surface area (Å²) < 4.78 is 6.75. The van der Waals surface area contributed by atoms with Gasteiger partial charge in [0, 0.05) is 42.7 Å². The van der Waals surface area contributed by atoms with E-state index in [0.717, 1.165) is 28.2 Å². The van der Waals surface area contributed by atoms with Crippen molar-refractivity contribution in [2.24, 2.45) is 7.05 Å². The van der Waals surface area contributed by atoms with Gasteiger partial charge in [0.15, 0.2) is 0 Å². The van der Waals surface area contributed by atoms with Crippen molar-refractivity contribution in [2.45, 2.75) is 12.8 Å². The number of fused-ring (bicyclic) bond motifs is 1. The Balaban J connectivity index is 1.59. The van der Waals surface area contributed by atoms with Gasteiger partial charge in [-0.2, -0.15) is 0 Å². The van der Waals surface area contributed by atoms with Crippen molar-refractivity contribution in [3.63, 3.8) is 0 Å². The molecule has 1 aliphatic heterocycles. The van der Waals surface area contributed by atoms with Gasteiger partial charge in [-0.05, 0) is 60.0 Å². The molecule has 0 saturated carbocycles. The molecule has 0 unspecified atom stereocenters. The molecule has 0 radical (unpaired) electrons. The normalized spacial score (nSPS) is 13.4. The van der Waals surface area contributed by atoms with Crippen LogP contribution in [0.4, 0.5) is 11.4 Å². The van der Waals surface area contributed by atoms with Crippen molar-refractivity contribution < 1.29 is 24.2 Å². The molecule has 196 valence electrons. The Bertz CT molecular complexity index is 1620. The molecular weight excluding hydrogens is 496 g/mol. The summed E-state index contributed by atoms with van der Waals surface area (Å²) in [5.41, 5.74) is 5.67. The number of aromatic nitrogens is 2. The second-order valence-corrected chi connectivity index (χ2v) is 9.11. The number of benzene rings is 3. The maximum Gasteiger partial charge on any atom is 0.337 e. The Morgan fingerprint density at radius 2 is 1.85 bits per heavy atom. The van der Waals surface area contributed by atoms with E-state index in [4.69, 9.17) is 9.84 Å². The Kier molecular flexibility index (Phi) is 6.96. The lowest BCUT2D eigenvalue weighted by molar-refractivity contribution is -0.137. The fourth-order valence-corrected chi connectivity index (χ4v) is 4.57. The highest BCUT2D eigenvalue weighted by Gasteiger charge is 2.29. The van der Waals surface area contributed by atoms with Crippen LogP contribution < -0.4 is 10.6 Å². The van der Waals surface area contributed by atoms with Crippen LogP contribution in [0.2, 0.25) is 0 Å². The van der Waals surface area contributed by atoms with Crippen molar-refractivity contribution in [1.29, 1.82) is 0 Å². The minimum atomic E-state index is -0.879. The highest BCUT2D eigenvalue weighted by Crippen LogP contribution is 2.38. The van der Waals surface area contributed by atoms with Crippen molar-refractivity contribution in [3.05, 3.63) is 101 Å². The lowest BCUT2D eigenvalue weighted by Crippen LogP contribution is -2.10. The molecule has 9 heteroatoms. The summed E-state index contributed by atoms with van der Waals surface area (Å²) in [7, 11) is 3.23. The molecule has 9 nitrogen and oxygen atoms in total. The standard InChI is InChI=1S/C30H26N4O5/c1-34-15-14-31-28(34)19-7-10-22(11-8-19)32-27(20-5-3-4-18(16-20)6-13-25(35)36)26-23-12-9-21(30(38)39-2)17-24(23)33-29(26)37/h3-5,7-12,14-17,32H,6,13H2,1-2H3,(H,33,37)(H,35,36)/b27-26-. The van der Waals surface area contributed by atoms with Gasteiger partial charge >= 0.3 is 11.9 Å². The molecule has 3 aromatic carbocycles. The van der Waals surface area contributed by atoms with Gasteiger partial charge in [-0.25, -0.2) is 9.78 Å². The predicted octanol–water partition coefficient (Wildman–Crippen LogP) is 4.82. The number of nitrogens with one attached hydrogen (secondary N) is 2. The summed E-state index contributed by atoms with van der Waals surface area (Å²) in [6, 6.07) is 20.1. The molecule has 0 spiro atoms. The van der Waals surface area contributed by atoms with E-state index in [2.05, 4.69) is 15.6 Å². The van der Waals surface area contributed by atoms with Gasteiger partial charge < -0.3 is 25.0 Å². The zero-order chi connectivity index (χ0) is 27.5. The summed E-state index contributed by atoms with van der Waals surface area (Å²) in [5.74, 6) is -0.871. The SMILES string of the molecule is COC(=O)c1ccc2c(c1)NC(=O)/C2=C(\Nc1ccc(-c2nccn2C)cc1)c1cccc(CCC(=O)O)c1. The number of hydrogen-bond acceptors (Lipinski definition) is 6. The number of nitrogens with zero attached hydrogens (tertiary/aromatic N) is 2. The number of carbonyl (C=O) groups excluding carboxylic acids is 2. The first-order valence-electron chi connectivity index (χ1n) is 12.3. The van der Waals surface area contributed by atoms with Crippen LogP contribution in [-0.4, -0.2) is 39.6 Å². The van der Waals surface area contributed by atoms with Crippen molar-refractivity contribution in [2.75, 3.05) is 17.7 Å². The van der Waals surface area contributed by atoms with E-state index in [1.165, 1.54) is 7.11 Å². The summed E-state index contributed by atoms with van der Waals surface area (Å²) in [6.45, 7) is 0. The molecule has 39 heavy (non-hydrogen) atoms. The first kappa shape index (κ1) is 25.5. The van der Waals surface area contributed by atoms with E-state index < -0.39 is 11.9 Å². The highest BCUT2D eigenvalue weighted by atomic mass is 16.5. The second kappa shape index (κ2) is 10.7. The lowest BCUT2D eigenvalue weighted by Gasteiger charge is -2.16. The van der Waals surface area contributed by atoms with E-state index in [1.807, 2.05) is 66.3 Å². The van der Waals surface area contributed by atoms with E-state index in [-0.39, 0.29) is 12.3 Å². The van der Waals surface area contributed by atoms with Crippen LogP contribution in [0.5, 0.6) is 0 Å². The number of anilines is 2. The van der Waals surface area contributed by atoms with Crippen molar-refractivity contribution in [3.8, 4) is 11.4 Å². The monoisotopic (exact) mass is 522 g/mol. The smallest absolute Gasteiger partial charge is 0.337 e. The predicted molar refractivity (Wildman–Crippen MR) is 148 cm³/mol. The van der Waals surface area contributed by atoms with Crippen LogP contribution in [-0.2, 0) is 27.8 Å². The summed E-state index contributed by atoms with van der Waals surface area (Å²) in [6.07, 6.45) is 3.97. The summed E-state index contributed by atoms with van der Waals surface area (Å²) >= 11 is 0. The molecule has 0 bridgehead atoms. The van der Waals surface area contributed by atoms with Crippen LogP contribution in [0.25, 0.3) is 22.7 Å². The maximum atomic E-state index is 13.3. The number of carboxylic acids is 1. The highest BCUT2D eigenvalue weighted by molar-refractivity contribution is 6.37. The average molecular weight is 523 g/mol. The number of ether oxygens (including phenoxy) is 1. The molecule has 0 aliphatic carbocycles. The topological polar surface area (TPSA) is 123 Å². The number of rotatable bonds is 8. The number of amides is 1. The molecular formula is C30H26N4O5. The van der Waals surface area contributed by atoms with Gasteiger partial charge in [0.2, 0.25) is 0 Å². The Morgan fingerprint density at radius 1 is 1.05 bits per heavy atom. The molecule has 4 aromatic rings. The first-order chi connectivity index (χ1) is 18.8. The average Bonchev–Trinajstić information content (AvgIpc) is 3.52. The van der Waals surface area contributed by atoms with Gasteiger partial charge in [-0.1, -0.05) is 24.3 Å². The molecule has 0 fully saturated rings. The fraction of sp³-hybridized carbons (Fsp3) is 0.133. The molecule has 5 rings (SSSR count). The summed E-state index contributed by atoms with van der Waals surface area (Å²) in [4.78, 5) is 40.9. The van der Waals surface area contributed by atoms with Crippen molar-refractivity contribution in [1.82, 2.24) is 9.55 Å². The zero-order valence-electron chi connectivity index (χ0n) is 21.4. The van der Waals surface area contributed by atoms with Crippen LogP contribution in [0.1, 0.15) is 33.5 Å². The zero-order valence-corrected chi connectivity index (χ0v) is 21.4. The molecule has 1 amide bonds. The molecule has 0 atom stereocenters. The number of aryl methyl sites for hydroxylation is 2. The number of imidazole rings is 1. The Labute approximate surface area is 224 Å². The third-order valence-corrected chi connectivity index (χ3v) is 6.51. The number of hydrogen-bond donors (Lipinski definition) is 3. The molecule has 0 saturated heterocycles. The minimum absolute atomic E-state index is 0.00291. The van der Waals surface area contributed by atoms with Crippen LogP contribution in [0.3, 0.4) is 0 Å².